The molecule has 0 radical (unpaired) electrons. The number of nitrogens with zero attached hydrogens (tertiary/aromatic N) is 2. The lowest BCUT2D eigenvalue weighted by atomic mass is 9.76. The Hall–Kier alpha value is -1.42. The smallest absolute Gasteiger partial charge is 0.0991 e. The van der Waals surface area contributed by atoms with Crippen LogP contribution in [0, 0.1) is 6.92 Å². The number of halogens is 1. The van der Waals surface area contributed by atoms with E-state index in [4.69, 9.17) is 16.6 Å². The number of thiazole rings is 1. The summed E-state index contributed by atoms with van der Waals surface area (Å²) < 4.78 is 1.32. The first-order valence-electron chi connectivity index (χ1n) is 9.45. The van der Waals surface area contributed by atoms with Crippen LogP contribution in [0.3, 0.4) is 0 Å². The summed E-state index contributed by atoms with van der Waals surface area (Å²) in [6.45, 7) is 2.17. The van der Waals surface area contributed by atoms with Crippen LogP contribution in [0.5, 0.6) is 0 Å². The van der Waals surface area contributed by atoms with Gasteiger partial charge in [0.05, 0.1) is 15.2 Å². The van der Waals surface area contributed by atoms with Gasteiger partial charge in [0.2, 0.25) is 0 Å². The number of aryl methyl sites for hydroxylation is 1. The summed E-state index contributed by atoms with van der Waals surface area (Å²) in [5.74, 6) is 0.999. The maximum atomic E-state index is 6.15. The molecule has 2 aromatic carbocycles. The molecule has 0 saturated carbocycles. The molecule has 2 aliphatic heterocycles. The van der Waals surface area contributed by atoms with Gasteiger partial charge in [0.15, 0.2) is 0 Å². The standard InChI is InChI=1S/C22H23ClN2S/c1-13-4-3-5-19-21(13)24-22(26-19)20-17(14-6-8-15(23)9-7-14)12-16-10-11-18(20)25(16)2/h3-9,16-18,20H,10-12H2,1-2H3/t16-,17-,18?,20+/m1/s1. The number of likely N-dealkylation sites (N-methyl/N-ethyl adjacent to an activating group) is 1. The van der Waals surface area contributed by atoms with Gasteiger partial charge in [0.1, 0.15) is 0 Å². The topological polar surface area (TPSA) is 16.1 Å². The van der Waals surface area contributed by atoms with Crippen LogP contribution in [0.4, 0.5) is 0 Å². The van der Waals surface area contributed by atoms with E-state index in [0.29, 0.717) is 23.9 Å². The van der Waals surface area contributed by atoms with Crippen LogP contribution in [0.25, 0.3) is 10.2 Å². The molecule has 1 aromatic heterocycles. The lowest BCUT2D eigenvalue weighted by Gasteiger charge is -2.42. The van der Waals surface area contributed by atoms with Gasteiger partial charge in [-0.05, 0) is 68.5 Å². The fourth-order valence-electron chi connectivity index (χ4n) is 5.10. The zero-order chi connectivity index (χ0) is 17.8. The normalized spacial score (nSPS) is 28.7. The number of hydrogen-bond acceptors (Lipinski definition) is 3. The van der Waals surface area contributed by atoms with Crippen LogP contribution >= 0.6 is 22.9 Å². The van der Waals surface area contributed by atoms with Crippen molar-refractivity contribution in [2.75, 3.05) is 7.05 Å². The molecular weight excluding hydrogens is 360 g/mol. The van der Waals surface area contributed by atoms with E-state index in [9.17, 15) is 0 Å². The van der Waals surface area contributed by atoms with Crippen LogP contribution in [0.2, 0.25) is 5.02 Å². The molecule has 2 saturated heterocycles. The van der Waals surface area contributed by atoms with E-state index in [-0.39, 0.29) is 0 Å². The molecule has 134 valence electrons. The first kappa shape index (κ1) is 16.7. The molecule has 26 heavy (non-hydrogen) atoms. The second-order valence-corrected chi connectivity index (χ2v) is 9.36. The van der Waals surface area contributed by atoms with Gasteiger partial charge >= 0.3 is 0 Å². The Balaban J connectivity index is 1.63. The quantitative estimate of drug-likeness (QED) is 0.541. The van der Waals surface area contributed by atoms with Crippen molar-refractivity contribution in [3.63, 3.8) is 0 Å². The molecule has 2 aliphatic rings. The zero-order valence-electron chi connectivity index (χ0n) is 15.2. The van der Waals surface area contributed by atoms with Crippen LogP contribution in [0.1, 0.15) is 47.2 Å². The van der Waals surface area contributed by atoms with Crippen molar-refractivity contribution in [1.29, 1.82) is 0 Å². The van der Waals surface area contributed by atoms with Gasteiger partial charge in [-0.25, -0.2) is 4.98 Å². The average molecular weight is 383 g/mol. The van der Waals surface area contributed by atoms with Gasteiger partial charge in [0.25, 0.3) is 0 Å². The molecule has 0 aliphatic carbocycles. The van der Waals surface area contributed by atoms with Gasteiger partial charge in [-0.3, -0.25) is 4.90 Å². The first-order chi connectivity index (χ1) is 12.6. The van der Waals surface area contributed by atoms with Crippen molar-refractivity contribution >= 4 is 33.2 Å². The van der Waals surface area contributed by atoms with Crippen molar-refractivity contribution in [3.05, 3.63) is 63.6 Å². The minimum Gasteiger partial charge on any atom is -0.300 e. The number of fused-ring (bicyclic) bond motifs is 3. The molecular formula is C22H23ClN2S. The van der Waals surface area contributed by atoms with E-state index < -0.39 is 0 Å². The molecule has 5 rings (SSSR count). The van der Waals surface area contributed by atoms with Gasteiger partial charge in [0, 0.05) is 23.0 Å². The molecule has 0 amide bonds. The fraction of sp³-hybridized carbons (Fsp3) is 0.409. The van der Waals surface area contributed by atoms with Crippen molar-refractivity contribution in [3.8, 4) is 0 Å². The highest BCUT2D eigenvalue weighted by atomic mass is 35.5. The predicted molar refractivity (Wildman–Crippen MR) is 110 cm³/mol. The van der Waals surface area contributed by atoms with Crippen molar-refractivity contribution in [2.45, 2.75) is 50.1 Å². The molecule has 3 heterocycles. The number of piperidine rings is 1. The Labute approximate surface area is 163 Å². The molecule has 0 N–H and O–H groups in total. The molecule has 4 atom stereocenters. The summed E-state index contributed by atoms with van der Waals surface area (Å²) in [5.41, 5.74) is 3.88. The first-order valence-corrected chi connectivity index (χ1v) is 10.6. The second kappa shape index (κ2) is 6.33. The monoisotopic (exact) mass is 382 g/mol. The van der Waals surface area contributed by atoms with Crippen LogP contribution in [-0.2, 0) is 0 Å². The van der Waals surface area contributed by atoms with Crippen LogP contribution in [-0.4, -0.2) is 29.0 Å². The maximum Gasteiger partial charge on any atom is 0.0991 e. The second-order valence-electron chi connectivity index (χ2n) is 7.86. The van der Waals surface area contributed by atoms with Crippen LogP contribution < -0.4 is 0 Å². The lowest BCUT2D eigenvalue weighted by molar-refractivity contribution is 0.137. The molecule has 3 aromatic rings. The van der Waals surface area contributed by atoms with Gasteiger partial charge in [-0.1, -0.05) is 35.9 Å². The Morgan fingerprint density at radius 2 is 1.92 bits per heavy atom. The molecule has 4 heteroatoms. The van der Waals surface area contributed by atoms with E-state index in [1.165, 1.54) is 45.6 Å². The Morgan fingerprint density at radius 1 is 1.12 bits per heavy atom. The summed E-state index contributed by atoms with van der Waals surface area (Å²) in [6, 6.07) is 16.4. The van der Waals surface area contributed by atoms with E-state index >= 15 is 0 Å². The van der Waals surface area contributed by atoms with Gasteiger partial charge in [-0.2, -0.15) is 0 Å². The lowest BCUT2D eigenvalue weighted by Crippen LogP contribution is -2.44. The molecule has 2 nitrogen and oxygen atoms in total. The highest BCUT2D eigenvalue weighted by Gasteiger charge is 2.47. The van der Waals surface area contributed by atoms with E-state index in [0.717, 1.165) is 5.02 Å². The fourth-order valence-corrected chi connectivity index (χ4v) is 6.50. The average Bonchev–Trinajstić information content (AvgIpc) is 3.15. The summed E-state index contributed by atoms with van der Waals surface area (Å²) in [6.07, 6.45) is 3.81. The Bertz CT molecular complexity index is 948. The number of para-hydroxylation sites is 1. The van der Waals surface area contributed by atoms with E-state index in [1.807, 2.05) is 23.5 Å². The zero-order valence-corrected chi connectivity index (χ0v) is 16.7. The SMILES string of the molecule is Cc1cccc2sc([C@@H]3C4CC[C@H](C[C@@H]3c3ccc(Cl)cc3)N4C)nc12. The molecule has 1 unspecified atom stereocenters. The Morgan fingerprint density at radius 3 is 2.69 bits per heavy atom. The van der Waals surface area contributed by atoms with E-state index in [1.54, 1.807) is 0 Å². The maximum absolute atomic E-state index is 6.15. The van der Waals surface area contributed by atoms with Crippen molar-refractivity contribution in [1.82, 2.24) is 9.88 Å². The number of rotatable bonds is 2. The molecule has 0 spiro atoms. The molecule has 2 fully saturated rings. The van der Waals surface area contributed by atoms with Gasteiger partial charge in [-0.15, -0.1) is 11.3 Å². The summed E-state index contributed by atoms with van der Waals surface area (Å²) in [7, 11) is 2.31. The minimum atomic E-state index is 0.469. The highest BCUT2D eigenvalue weighted by Crippen LogP contribution is 2.52. The summed E-state index contributed by atoms with van der Waals surface area (Å²) in [4.78, 5) is 7.77. The summed E-state index contributed by atoms with van der Waals surface area (Å²) in [5, 5.41) is 2.13. The number of benzene rings is 2. The van der Waals surface area contributed by atoms with Gasteiger partial charge < -0.3 is 0 Å². The highest BCUT2D eigenvalue weighted by molar-refractivity contribution is 7.18. The third-order valence-corrected chi connectivity index (χ3v) is 7.86. The Kier molecular flexibility index (Phi) is 4.07. The molecule has 2 bridgehead atoms. The number of hydrogen-bond donors (Lipinski definition) is 0. The number of aromatic nitrogens is 1. The van der Waals surface area contributed by atoms with E-state index in [2.05, 4.69) is 49.2 Å². The third kappa shape index (κ3) is 2.60. The predicted octanol–water partition coefficient (Wildman–Crippen LogP) is 5.99. The summed E-state index contributed by atoms with van der Waals surface area (Å²) >= 11 is 8.04. The third-order valence-electron chi connectivity index (χ3n) is 6.49. The minimum absolute atomic E-state index is 0.469. The van der Waals surface area contributed by atoms with Crippen LogP contribution in [0.15, 0.2) is 42.5 Å². The largest absolute Gasteiger partial charge is 0.300 e. The van der Waals surface area contributed by atoms with Crippen molar-refractivity contribution < 1.29 is 0 Å². The van der Waals surface area contributed by atoms with Crippen molar-refractivity contribution in [2.24, 2.45) is 0 Å².